The molecule has 0 spiro atoms. The Morgan fingerprint density at radius 1 is 1.57 bits per heavy atom. The number of rotatable bonds is 3. The van der Waals surface area contributed by atoms with Crippen molar-refractivity contribution in [1.82, 2.24) is 9.55 Å². The number of imidazole rings is 1. The zero-order valence-corrected chi connectivity index (χ0v) is 8.61. The number of nitrogens with zero attached hydrogens (tertiary/aromatic N) is 2. The SMILES string of the molecule is CCn1ccnc1NC1CC=CCC1. The summed E-state index contributed by atoms with van der Waals surface area (Å²) in [6.07, 6.45) is 11.9. The van der Waals surface area contributed by atoms with Gasteiger partial charge in [-0.25, -0.2) is 4.98 Å². The van der Waals surface area contributed by atoms with Crippen LogP contribution in [0.5, 0.6) is 0 Å². The standard InChI is InChI=1S/C11H17N3/c1-2-14-9-8-12-11(14)13-10-6-4-3-5-7-10/h3-4,8-10H,2,5-7H2,1H3,(H,12,13). The van der Waals surface area contributed by atoms with Crippen molar-refractivity contribution in [3.05, 3.63) is 24.5 Å². The van der Waals surface area contributed by atoms with E-state index in [2.05, 4.69) is 33.9 Å². The summed E-state index contributed by atoms with van der Waals surface area (Å²) in [5.41, 5.74) is 0. The Morgan fingerprint density at radius 2 is 2.50 bits per heavy atom. The Morgan fingerprint density at radius 3 is 3.21 bits per heavy atom. The van der Waals surface area contributed by atoms with Crippen molar-refractivity contribution in [3.8, 4) is 0 Å². The van der Waals surface area contributed by atoms with Crippen LogP contribution < -0.4 is 5.32 Å². The fourth-order valence-electron chi connectivity index (χ4n) is 1.81. The zero-order chi connectivity index (χ0) is 9.80. The minimum atomic E-state index is 0.563. The Labute approximate surface area is 84.8 Å². The summed E-state index contributed by atoms with van der Waals surface area (Å²) in [5.74, 6) is 1.01. The van der Waals surface area contributed by atoms with E-state index < -0.39 is 0 Å². The van der Waals surface area contributed by atoms with Crippen molar-refractivity contribution in [3.63, 3.8) is 0 Å². The van der Waals surface area contributed by atoms with E-state index in [9.17, 15) is 0 Å². The highest BCUT2D eigenvalue weighted by molar-refractivity contribution is 5.28. The van der Waals surface area contributed by atoms with E-state index in [0.717, 1.165) is 18.9 Å². The van der Waals surface area contributed by atoms with E-state index in [4.69, 9.17) is 0 Å². The molecule has 0 aromatic carbocycles. The molecule has 0 saturated heterocycles. The largest absolute Gasteiger partial charge is 0.353 e. The third-order valence-corrected chi connectivity index (χ3v) is 2.66. The van der Waals surface area contributed by atoms with Crippen molar-refractivity contribution in [1.29, 1.82) is 0 Å². The van der Waals surface area contributed by atoms with E-state index >= 15 is 0 Å². The maximum absolute atomic E-state index is 4.31. The van der Waals surface area contributed by atoms with Gasteiger partial charge in [-0.1, -0.05) is 12.2 Å². The molecule has 1 atom stereocenters. The van der Waals surface area contributed by atoms with E-state index in [1.807, 2.05) is 12.4 Å². The summed E-state index contributed by atoms with van der Waals surface area (Å²) in [5, 5.41) is 3.48. The second kappa shape index (κ2) is 4.31. The first kappa shape index (κ1) is 9.31. The van der Waals surface area contributed by atoms with Gasteiger partial charge in [0.05, 0.1) is 0 Å². The van der Waals surface area contributed by atoms with Crippen LogP contribution in [0.25, 0.3) is 0 Å². The first-order chi connectivity index (χ1) is 6.90. The number of hydrogen-bond donors (Lipinski definition) is 1. The van der Waals surface area contributed by atoms with Crippen LogP contribution in [0, 0.1) is 0 Å². The minimum absolute atomic E-state index is 0.563. The molecule has 3 heteroatoms. The fourth-order valence-corrected chi connectivity index (χ4v) is 1.81. The molecule has 0 radical (unpaired) electrons. The van der Waals surface area contributed by atoms with Gasteiger partial charge in [0.25, 0.3) is 0 Å². The molecule has 1 aliphatic rings. The van der Waals surface area contributed by atoms with E-state index in [1.54, 1.807) is 0 Å². The molecule has 0 amide bonds. The lowest BCUT2D eigenvalue weighted by molar-refractivity contribution is 0.628. The molecule has 1 heterocycles. The Kier molecular flexibility index (Phi) is 2.87. The van der Waals surface area contributed by atoms with Gasteiger partial charge in [-0.3, -0.25) is 0 Å². The van der Waals surface area contributed by atoms with Gasteiger partial charge in [0.15, 0.2) is 0 Å². The van der Waals surface area contributed by atoms with Crippen LogP contribution >= 0.6 is 0 Å². The van der Waals surface area contributed by atoms with Crippen molar-refractivity contribution in [2.45, 2.75) is 38.8 Å². The van der Waals surface area contributed by atoms with Crippen molar-refractivity contribution < 1.29 is 0 Å². The third kappa shape index (κ3) is 1.97. The molecule has 1 aromatic heterocycles. The lowest BCUT2D eigenvalue weighted by Gasteiger charge is -2.20. The van der Waals surface area contributed by atoms with Crippen LogP contribution in [0.4, 0.5) is 5.95 Å². The van der Waals surface area contributed by atoms with Crippen LogP contribution in [-0.2, 0) is 6.54 Å². The predicted octanol–water partition coefficient (Wildman–Crippen LogP) is 2.42. The Bertz CT molecular complexity index is 314. The number of aromatic nitrogens is 2. The lowest BCUT2D eigenvalue weighted by atomic mass is 10.0. The topological polar surface area (TPSA) is 29.9 Å². The van der Waals surface area contributed by atoms with Gasteiger partial charge in [-0.2, -0.15) is 0 Å². The van der Waals surface area contributed by atoms with Crippen molar-refractivity contribution in [2.24, 2.45) is 0 Å². The van der Waals surface area contributed by atoms with Crippen molar-refractivity contribution in [2.75, 3.05) is 5.32 Å². The van der Waals surface area contributed by atoms with Crippen LogP contribution in [0.15, 0.2) is 24.5 Å². The number of nitrogens with one attached hydrogen (secondary N) is 1. The van der Waals surface area contributed by atoms with Crippen LogP contribution in [0.3, 0.4) is 0 Å². The van der Waals surface area contributed by atoms with E-state index in [0.29, 0.717) is 6.04 Å². The molecular weight excluding hydrogens is 174 g/mol. The van der Waals surface area contributed by atoms with Gasteiger partial charge in [-0.15, -0.1) is 0 Å². The molecule has 1 aromatic rings. The third-order valence-electron chi connectivity index (χ3n) is 2.66. The Balaban J connectivity index is 1.99. The number of aryl methyl sites for hydroxylation is 1. The molecule has 76 valence electrons. The maximum atomic E-state index is 4.31. The Hall–Kier alpha value is -1.25. The van der Waals surface area contributed by atoms with Gasteiger partial charge in [0, 0.05) is 25.0 Å². The van der Waals surface area contributed by atoms with Crippen LogP contribution in [-0.4, -0.2) is 15.6 Å². The molecule has 14 heavy (non-hydrogen) atoms. The molecule has 0 fully saturated rings. The summed E-state index contributed by atoms with van der Waals surface area (Å²) in [4.78, 5) is 4.31. The average Bonchev–Trinajstić information content (AvgIpc) is 2.67. The molecule has 1 N–H and O–H groups in total. The van der Waals surface area contributed by atoms with Gasteiger partial charge in [0.2, 0.25) is 5.95 Å². The van der Waals surface area contributed by atoms with Crippen molar-refractivity contribution >= 4 is 5.95 Å². The maximum Gasteiger partial charge on any atom is 0.202 e. The summed E-state index contributed by atoms with van der Waals surface area (Å²) >= 11 is 0. The fraction of sp³-hybridized carbons (Fsp3) is 0.545. The quantitative estimate of drug-likeness (QED) is 0.744. The monoisotopic (exact) mass is 191 g/mol. The van der Waals surface area contributed by atoms with Crippen LogP contribution in [0.2, 0.25) is 0 Å². The summed E-state index contributed by atoms with van der Waals surface area (Å²) in [7, 11) is 0. The summed E-state index contributed by atoms with van der Waals surface area (Å²) < 4.78 is 2.14. The lowest BCUT2D eigenvalue weighted by Crippen LogP contribution is -2.22. The second-order valence-electron chi connectivity index (χ2n) is 3.66. The number of anilines is 1. The van der Waals surface area contributed by atoms with Gasteiger partial charge in [-0.05, 0) is 26.2 Å². The molecule has 2 rings (SSSR count). The molecule has 1 unspecified atom stereocenters. The van der Waals surface area contributed by atoms with Crippen LogP contribution in [0.1, 0.15) is 26.2 Å². The highest BCUT2D eigenvalue weighted by Gasteiger charge is 2.11. The number of allylic oxidation sites excluding steroid dienone is 1. The number of hydrogen-bond acceptors (Lipinski definition) is 2. The van der Waals surface area contributed by atoms with Gasteiger partial charge in [0.1, 0.15) is 0 Å². The first-order valence-corrected chi connectivity index (χ1v) is 5.33. The highest BCUT2D eigenvalue weighted by atomic mass is 15.2. The minimum Gasteiger partial charge on any atom is -0.353 e. The van der Waals surface area contributed by atoms with Gasteiger partial charge >= 0.3 is 0 Å². The molecule has 1 aliphatic carbocycles. The van der Waals surface area contributed by atoms with E-state index in [1.165, 1.54) is 12.8 Å². The highest BCUT2D eigenvalue weighted by Crippen LogP contribution is 2.15. The zero-order valence-electron chi connectivity index (χ0n) is 8.61. The predicted molar refractivity (Wildman–Crippen MR) is 58.3 cm³/mol. The normalized spacial score (nSPS) is 21.1. The summed E-state index contributed by atoms with van der Waals surface area (Å²) in [6, 6.07) is 0.563. The molecule has 0 aliphatic heterocycles. The average molecular weight is 191 g/mol. The summed E-state index contributed by atoms with van der Waals surface area (Å²) in [6.45, 7) is 3.11. The molecular formula is C11H17N3. The first-order valence-electron chi connectivity index (χ1n) is 5.33. The molecule has 3 nitrogen and oxygen atoms in total. The second-order valence-corrected chi connectivity index (χ2v) is 3.66. The molecule has 0 bridgehead atoms. The smallest absolute Gasteiger partial charge is 0.202 e. The van der Waals surface area contributed by atoms with E-state index in [-0.39, 0.29) is 0 Å². The molecule has 0 saturated carbocycles. The van der Waals surface area contributed by atoms with Gasteiger partial charge < -0.3 is 9.88 Å².